The number of amides is 1. The van der Waals surface area contributed by atoms with Crippen LogP contribution in [0.2, 0.25) is 0 Å². The lowest BCUT2D eigenvalue weighted by atomic mass is 10.1. The molecule has 0 aliphatic heterocycles. The Balaban J connectivity index is 1.37. The third kappa shape index (κ3) is 4.67. The summed E-state index contributed by atoms with van der Waals surface area (Å²) < 4.78 is 5.81. The van der Waals surface area contributed by atoms with Crippen molar-refractivity contribution in [2.45, 2.75) is 13.3 Å². The molecule has 0 aliphatic rings. The molecule has 0 atom stereocenters. The topological polar surface area (TPSA) is 67.2 Å². The van der Waals surface area contributed by atoms with E-state index in [1.807, 2.05) is 67.6 Å². The van der Waals surface area contributed by atoms with Gasteiger partial charge >= 0.3 is 0 Å². The van der Waals surface area contributed by atoms with E-state index in [0.29, 0.717) is 17.9 Å². The van der Waals surface area contributed by atoms with Crippen LogP contribution in [0, 0.1) is 6.92 Å². The van der Waals surface area contributed by atoms with E-state index in [4.69, 9.17) is 16.6 Å². The highest BCUT2D eigenvalue weighted by Crippen LogP contribution is 2.20. The van der Waals surface area contributed by atoms with Crippen LogP contribution in [0.4, 0.5) is 5.69 Å². The Morgan fingerprint density at radius 1 is 1.03 bits per heavy atom. The van der Waals surface area contributed by atoms with Crippen LogP contribution in [0.15, 0.2) is 77.2 Å². The number of nitrogens with zero attached hydrogens (tertiary/aromatic N) is 1. The van der Waals surface area contributed by atoms with Crippen molar-refractivity contribution in [3.8, 4) is 0 Å². The average Bonchev–Trinajstić information content (AvgIpc) is 3.11. The van der Waals surface area contributed by atoms with Gasteiger partial charge in [0.15, 0.2) is 16.6 Å². The predicted octanol–water partition coefficient (Wildman–Crippen LogP) is 4.85. The third-order valence-electron chi connectivity index (χ3n) is 4.42. The van der Waals surface area contributed by atoms with Crippen molar-refractivity contribution < 1.29 is 9.21 Å². The monoisotopic (exact) mass is 401 g/mol. The van der Waals surface area contributed by atoms with E-state index >= 15 is 0 Å². The summed E-state index contributed by atoms with van der Waals surface area (Å²) in [5, 5.41) is 5.95. The molecule has 144 valence electrons. The van der Waals surface area contributed by atoms with E-state index in [9.17, 15) is 4.79 Å². The number of fused-ring (bicyclic) bond motifs is 1. The van der Waals surface area contributed by atoms with E-state index in [2.05, 4.69) is 15.6 Å². The van der Waals surface area contributed by atoms with Crippen molar-refractivity contribution in [1.29, 1.82) is 0 Å². The van der Waals surface area contributed by atoms with Crippen molar-refractivity contribution in [2.75, 3.05) is 5.32 Å². The number of carbonyl (C=O) groups is 1. The first-order valence-electron chi connectivity index (χ1n) is 9.19. The first-order chi connectivity index (χ1) is 14.1. The summed E-state index contributed by atoms with van der Waals surface area (Å²) >= 11 is 5.23. The van der Waals surface area contributed by atoms with E-state index in [1.165, 1.54) is 0 Å². The van der Waals surface area contributed by atoms with Gasteiger partial charge in [-0.15, -0.1) is 0 Å². The maximum absolute atomic E-state index is 12.1. The van der Waals surface area contributed by atoms with E-state index in [0.717, 1.165) is 27.9 Å². The molecule has 0 aliphatic carbocycles. The molecule has 2 N–H and O–H groups in total. The van der Waals surface area contributed by atoms with E-state index < -0.39 is 0 Å². The van der Waals surface area contributed by atoms with Gasteiger partial charge in [0.2, 0.25) is 0 Å². The number of hydrogen-bond acceptors (Lipinski definition) is 4. The Morgan fingerprint density at radius 2 is 1.79 bits per heavy atom. The number of benzene rings is 3. The third-order valence-corrected chi connectivity index (χ3v) is 4.62. The first-order valence-corrected chi connectivity index (χ1v) is 9.60. The lowest BCUT2D eigenvalue weighted by Crippen LogP contribution is -2.34. The van der Waals surface area contributed by atoms with Crippen LogP contribution in [-0.2, 0) is 6.42 Å². The number of carbonyl (C=O) groups excluding carboxylic acids is 1. The lowest BCUT2D eigenvalue weighted by Gasteiger charge is -2.10. The fourth-order valence-corrected chi connectivity index (χ4v) is 3.18. The van der Waals surface area contributed by atoms with Crippen LogP contribution in [0.25, 0.3) is 11.1 Å². The zero-order valence-corrected chi connectivity index (χ0v) is 16.6. The van der Waals surface area contributed by atoms with Crippen molar-refractivity contribution >= 4 is 40.0 Å². The van der Waals surface area contributed by atoms with Gasteiger partial charge in [0.05, 0.1) is 0 Å². The molecule has 1 heterocycles. The first kappa shape index (κ1) is 18.8. The lowest BCUT2D eigenvalue weighted by molar-refractivity contribution is 0.0977. The van der Waals surface area contributed by atoms with Gasteiger partial charge in [0, 0.05) is 17.7 Å². The molecule has 0 fully saturated rings. The molecule has 1 aromatic heterocycles. The summed E-state index contributed by atoms with van der Waals surface area (Å²) in [5.41, 5.74) is 5.24. The second kappa shape index (κ2) is 8.24. The second-order valence-corrected chi connectivity index (χ2v) is 7.14. The van der Waals surface area contributed by atoms with E-state index in [-0.39, 0.29) is 11.0 Å². The fourth-order valence-electron chi connectivity index (χ4n) is 2.97. The van der Waals surface area contributed by atoms with Crippen LogP contribution >= 0.6 is 12.2 Å². The number of aryl methyl sites for hydroxylation is 1. The highest BCUT2D eigenvalue weighted by atomic mass is 32.1. The summed E-state index contributed by atoms with van der Waals surface area (Å²) in [4.78, 5) is 16.7. The number of oxazole rings is 1. The number of anilines is 1. The normalized spacial score (nSPS) is 10.7. The van der Waals surface area contributed by atoms with Gasteiger partial charge in [-0.25, -0.2) is 4.98 Å². The predicted molar refractivity (Wildman–Crippen MR) is 118 cm³/mol. The molecule has 0 radical (unpaired) electrons. The number of rotatable bonds is 4. The maximum Gasteiger partial charge on any atom is 0.257 e. The van der Waals surface area contributed by atoms with E-state index in [1.54, 1.807) is 12.1 Å². The summed E-state index contributed by atoms with van der Waals surface area (Å²) in [6.07, 6.45) is 0.600. The van der Waals surface area contributed by atoms with Crippen LogP contribution < -0.4 is 10.6 Å². The minimum absolute atomic E-state index is 0.245. The van der Waals surface area contributed by atoms with Crippen LogP contribution in [0.5, 0.6) is 0 Å². The number of aromatic nitrogens is 1. The molecular formula is C23H19N3O2S. The van der Waals surface area contributed by atoms with Gasteiger partial charge in [0.1, 0.15) is 5.52 Å². The summed E-state index contributed by atoms with van der Waals surface area (Å²) in [7, 11) is 0. The zero-order chi connectivity index (χ0) is 20.2. The molecule has 3 aromatic carbocycles. The van der Waals surface area contributed by atoms with Gasteiger partial charge in [-0.1, -0.05) is 36.4 Å². The van der Waals surface area contributed by atoms with Crippen LogP contribution in [-0.4, -0.2) is 16.0 Å². The molecule has 4 rings (SSSR count). The molecule has 1 amide bonds. The van der Waals surface area contributed by atoms with Crippen LogP contribution in [0.1, 0.15) is 27.4 Å². The SMILES string of the molecule is Cc1ccc2oc(Cc3ccc(NC(=S)NC(=O)c4ccccc4)cc3)nc2c1. The summed E-state index contributed by atoms with van der Waals surface area (Å²) in [5.74, 6) is 0.433. The summed E-state index contributed by atoms with van der Waals surface area (Å²) in [6, 6.07) is 22.7. The molecule has 0 saturated heterocycles. The van der Waals surface area contributed by atoms with Gasteiger partial charge < -0.3 is 9.73 Å². The van der Waals surface area contributed by atoms with Crippen LogP contribution in [0.3, 0.4) is 0 Å². The second-order valence-electron chi connectivity index (χ2n) is 6.73. The minimum Gasteiger partial charge on any atom is -0.440 e. The molecule has 0 saturated carbocycles. The Labute approximate surface area is 173 Å². The highest BCUT2D eigenvalue weighted by Gasteiger charge is 2.09. The number of thiocarbonyl (C=S) groups is 1. The van der Waals surface area contributed by atoms with Crippen molar-refractivity contribution in [3.63, 3.8) is 0 Å². The zero-order valence-electron chi connectivity index (χ0n) is 15.8. The molecule has 4 aromatic rings. The van der Waals surface area contributed by atoms with Gasteiger partial charge in [-0.3, -0.25) is 10.1 Å². The molecule has 0 unspecified atom stereocenters. The van der Waals surface area contributed by atoms with Crippen molar-refractivity contribution in [3.05, 3.63) is 95.4 Å². The minimum atomic E-state index is -0.245. The Hall–Kier alpha value is -3.51. The van der Waals surface area contributed by atoms with Crippen molar-refractivity contribution in [1.82, 2.24) is 10.3 Å². The Kier molecular flexibility index (Phi) is 5.35. The molecule has 5 nitrogen and oxygen atoms in total. The van der Waals surface area contributed by atoms with Gasteiger partial charge in [0.25, 0.3) is 5.91 Å². The van der Waals surface area contributed by atoms with Gasteiger partial charge in [-0.2, -0.15) is 0 Å². The quantitative estimate of drug-likeness (QED) is 0.478. The highest BCUT2D eigenvalue weighted by molar-refractivity contribution is 7.80. The maximum atomic E-state index is 12.1. The Morgan fingerprint density at radius 3 is 2.55 bits per heavy atom. The molecule has 0 bridgehead atoms. The van der Waals surface area contributed by atoms with Gasteiger partial charge in [-0.05, 0) is 66.7 Å². The fraction of sp³-hybridized carbons (Fsp3) is 0.0870. The molecule has 0 spiro atoms. The number of nitrogens with one attached hydrogen (secondary N) is 2. The largest absolute Gasteiger partial charge is 0.440 e. The molecular weight excluding hydrogens is 382 g/mol. The number of hydrogen-bond donors (Lipinski definition) is 2. The van der Waals surface area contributed by atoms with Crippen molar-refractivity contribution in [2.24, 2.45) is 0 Å². The standard InChI is InChI=1S/C23H19N3O2S/c1-15-7-12-20-19(13-15)25-21(28-20)14-16-8-10-18(11-9-16)24-23(29)26-22(27)17-5-3-2-4-6-17/h2-13H,14H2,1H3,(H2,24,26,27,29). The molecule has 29 heavy (non-hydrogen) atoms. The average molecular weight is 401 g/mol. The molecule has 6 heteroatoms. The Bertz CT molecular complexity index is 1170. The smallest absolute Gasteiger partial charge is 0.257 e. The summed E-state index contributed by atoms with van der Waals surface area (Å²) in [6.45, 7) is 2.03.